The van der Waals surface area contributed by atoms with Gasteiger partial charge >= 0.3 is 12.4 Å². The van der Waals surface area contributed by atoms with Gasteiger partial charge in [-0.2, -0.15) is 31.6 Å². The molecule has 0 aliphatic carbocycles. The van der Waals surface area contributed by atoms with Gasteiger partial charge in [-0.1, -0.05) is 60.7 Å². The SMILES string of the molecule is N#Cc1cccc(-c2cc(-n3c4ccccc4c4ccc(C(F)(F)F)cc43)ncc2-n2c3ccccc3c3ccc(C(F)(F)F)cc32)c1. The zero-order chi connectivity index (χ0) is 33.4. The summed E-state index contributed by atoms with van der Waals surface area (Å²) in [5.74, 6) is 0.290. The maximum atomic E-state index is 14.0. The fourth-order valence-corrected chi connectivity index (χ4v) is 6.53. The average Bonchev–Trinajstić information content (AvgIpc) is 3.59. The van der Waals surface area contributed by atoms with E-state index in [1.54, 1.807) is 75.9 Å². The Kier molecular flexibility index (Phi) is 6.40. The molecule has 0 unspecified atom stereocenters. The van der Waals surface area contributed by atoms with Crippen LogP contribution in [0.2, 0.25) is 0 Å². The van der Waals surface area contributed by atoms with Crippen LogP contribution >= 0.6 is 0 Å². The number of benzene rings is 5. The maximum absolute atomic E-state index is 14.0. The van der Waals surface area contributed by atoms with Crippen LogP contribution in [-0.4, -0.2) is 14.1 Å². The van der Waals surface area contributed by atoms with E-state index in [2.05, 4.69) is 6.07 Å². The van der Waals surface area contributed by atoms with Crippen LogP contribution in [-0.2, 0) is 12.4 Å². The molecular weight excluding hydrogens is 626 g/mol. The van der Waals surface area contributed by atoms with Crippen LogP contribution in [0, 0.1) is 11.3 Å². The summed E-state index contributed by atoms with van der Waals surface area (Å²) in [6, 6.07) is 32.2. The van der Waals surface area contributed by atoms with Gasteiger partial charge in [-0.3, -0.25) is 4.57 Å². The summed E-state index contributed by atoms with van der Waals surface area (Å²) in [6.07, 6.45) is -7.65. The van der Waals surface area contributed by atoms with Crippen LogP contribution in [0.1, 0.15) is 16.7 Å². The largest absolute Gasteiger partial charge is 0.416 e. The molecule has 8 aromatic rings. The lowest BCUT2D eigenvalue weighted by molar-refractivity contribution is -0.138. The number of alkyl halides is 6. The van der Waals surface area contributed by atoms with E-state index < -0.39 is 23.5 Å². The molecule has 0 aliphatic heterocycles. The zero-order valence-electron chi connectivity index (χ0n) is 24.6. The van der Waals surface area contributed by atoms with Crippen LogP contribution in [0.3, 0.4) is 0 Å². The quantitative estimate of drug-likeness (QED) is 0.179. The van der Waals surface area contributed by atoms with Crippen molar-refractivity contribution in [1.29, 1.82) is 5.26 Å². The second-order valence-electron chi connectivity index (χ2n) is 11.4. The molecule has 0 fully saturated rings. The Labute approximate surface area is 268 Å². The number of rotatable bonds is 3. The first-order chi connectivity index (χ1) is 23.0. The molecule has 234 valence electrons. The standard InChI is InChI=1S/C38H20F6N4/c39-37(40,41)24-12-14-28-26-8-1-3-10-31(26)47(33(28)17-24)35-21-46-36(19-30(35)23-7-5-6-22(16-23)20-45)48-32-11-4-2-9-27(32)29-15-13-25(18-34(29)48)38(42,43)44/h1-19,21H. The van der Waals surface area contributed by atoms with Crippen molar-refractivity contribution in [3.05, 3.63) is 138 Å². The van der Waals surface area contributed by atoms with Crippen molar-refractivity contribution in [2.45, 2.75) is 12.4 Å². The minimum Gasteiger partial charge on any atom is -0.307 e. The molecular formula is C38H20F6N4. The number of pyridine rings is 1. The molecule has 4 nitrogen and oxygen atoms in total. The molecule has 0 amide bonds. The van der Waals surface area contributed by atoms with E-state index in [1.807, 2.05) is 12.1 Å². The first-order valence-corrected chi connectivity index (χ1v) is 14.7. The van der Waals surface area contributed by atoms with Gasteiger partial charge in [0.25, 0.3) is 0 Å². The summed E-state index contributed by atoms with van der Waals surface area (Å²) < 4.78 is 87.0. The Balaban J connectivity index is 1.48. The lowest BCUT2D eigenvalue weighted by Gasteiger charge is -2.17. The number of para-hydroxylation sites is 2. The van der Waals surface area contributed by atoms with E-state index in [9.17, 15) is 31.6 Å². The molecule has 5 aromatic carbocycles. The minimum atomic E-state index is -4.59. The summed E-state index contributed by atoms with van der Waals surface area (Å²) in [5.41, 5.74) is 2.06. The Morgan fingerprint density at radius 1 is 0.542 bits per heavy atom. The van der Waals surface area contributed by atoms with Crippen LogP contribution in [0.5, 0.6) is 0 Å². The Bertz CT molecular complexity index is 2620. The molecule has 0 spiro atoms. The highest BCUT2D eigenvalue weighted by atomic mass is 19.4. The van der Waals surface area contributed by atoms with Gasteiger partial charge in [0.05, 0.1) is 56.7 Å². The second-order valence-corrected chi connectivity index (χ2v) is 11.4. The number of aromatic nitrogens is 3. The van der Waals surface area contributed by atoms with E-state index in [1.165, 1.54) is 18.3 Å². The third kappa shape index (κ3) is 4.58. The van der Waals surface area contributed by atoms with E-state index in [0.717, 1.165) is 35.0 Å². The van der Waals surface area contributed by atoms with E-state index >= 15 is 0 Å². The van der Waals surface area contributed by atoms with Crippen molar-refractivity contribution < 1.29 is 26.3 Å². The third-order valence-electron chi connectivity index (χ3n) is 8.64. The van der Waals surface area contributed by atoms with Crippen molar-refractivity contribution in [2.24, 2.45) is 0 Å². The number of nitriles is 1. The molecule has 0 aliphatic rings. The van der Waals surface area contributed by atoms with Gasteiger partial charge in [0.1, 0.15) is 5.82 Å². The molecule has 8 rings (SSSR count). The van der Waals surface area contributed by atoms with Gasteiger partial charge in [-0.05, 0) is 60.2 Å². The fraction of sp³-hybridized carbons (Fsp3) is 0.0526. The topological polar surface area (TPSA) is 46.5 Å². The summed E-state index contributed by atoms with van der Waals surface area (Å²) in [4.78, 5) is 4.76. The summed E-state index contributed by atoms with van der Waals surface area (Å²) in [5, 5.41) is 12.4. The van der Waals surface area contributed by atoms with Crippen LogP contribution in [0.15, 0.2) is 121 Å². The Hall–Kier alpha value is -6.08. The van der Waals surface area contributed by atoms with Gasteiger partial charge in [-0.15, -0.1) is 0 Å². The van der Waals surface area contributed by atoms with Crippen molar-refractivity contribution in [3.8, 4) is 28.7 Å². The lowest BCUT2D eigenvalue weighted by Crippen LogP contribution is -2.07. The van der Waals surface area contributed by atoms with Crippen molar-refractivity contribution in [3.63, 3.8) is 0 Å². The molecule has 0 N–H and O–H groups in total. The molecule has 0 bridgehead atoms. The van der Waals surface area contributed by atoms with Gasteiger partial charge in [-0.25, -0.2) is 4.98 Å². The van der Waals surface area contributed by atoms with Gasteiger partial charge in [0.15, 0.2) is 0 Å². The van der Waals surface area contributed by atoms with Gasteiger partial charge < -0.3 is 4.57 Å². The van der Waals surface area contributed by atoms with E-state index in [0.29, 0.717) is 55.5 Å². The molecule has 0 radical (unpaired) electrons. The monoisotopic (exact) mass is 646 g/mol. The number of fused-ring (bicyclic) bond motifs is 6. The zero-order valence-corrected chi connectivity index (χ0v) is 24.6. The predicted molar refractivity (Wildman–Crippen MR) is 173 cm³/mol. The van der Waals surface area contributed by atoms with Crippen molar-refractivity contribution in [2.75, 3.05) is 0 Å². The first kappa shape index (κ1) is 29.3. The summed E-state index contributed by atoms with van der Waals surface area (Å²) in [6.45, 7) is 0. The number of hydrogen-bond donors (Lipinski definition) is 0. The van der Waals surface area contributed by atoms with E-state index in [4.69, 9.17) is 4.98 Å². The molecule has 48 heavy (non-hydrogen) atoms. The predicted octanol–water partition coefficient (Wildman–Crippen LogP) is 10.9. The van der Waals surface area contributed by atoms with Crippen molar-refractivity contribution >= 4 is 43.6 Å². The third-order valence-corrected chi connectivity index (χ3v) is 8.64. The average molecular weight is 647 g/mol. The van der Waals surface area contributed by atoms with Crippen LogP contribution in [0.4, 0.5) is 26.3 Å². The van der Waals surface area contributed by atoms with Gasteiger partial charge in [0, 0.05) is 27.1 Å². The summed E-state index contributed by atoms with van der Waals surface area (Å²) >= 11 is 0. The highest BCUT2D eigenvalue weighted by Crippen LogP contribution is 2.41. The molecule has 3 heterocycles. The Morgan fingerprint density at radius 2 is 1.08 bits per heavy atom. The fourth-order valence-electron chi connectivity index (χ4n) is 6.53. The normalized spacial score (nSPS) is 12.4. The molecule has 10 heteroatoms. The van der Waals surface area contributed by atoms with Crippen LogP contribution in [0.25, 0.3) is 66.2 Å². The first-order valence-electron chi connectivity index (χ1n) is 14.7. The highest BCUT2D eigenvalue weighted by Gasteiger charge is 2.32. The minimum absolute atomic E-state index is 0.287. The lowest BCUT2D eigenvalue weighted by atomic mass is 10.0. The Morgan fingerprint density at radius 3 is 1.67 bits per heavy atom. The molecule has 3 aromatic heterocycles. The van der Waals surface area contributed by atoms with E-state index in [-0.39, 0.29) is 5.52 Å². The molecule has 0 saturated carbocycles. The molecule has 0 atom stereocenters. The van der Waals surface area contributed by atoms with Crippen LogP contribution < -0.4 is 0 Å². The number of hydrogen-bond acceptors (Lipinski definition) is 2. The van der Waals surface area contributed by atoms with Gasteiger partial charge in [0.2, 0.25) is 0 Å². The highest BCUT2D eigenvalue weighted by molar-refractivity contribution is 6.11. The van der Waals surface area contributed by atoms with Crippen molar-refractivity contribution in [1.82, 2.24) is 14.1 Å². The summed E-state index contributed by atoms with van der Waals surface area (Å²) in [7, 11) is 0. The second kappa shape index (κ2) is 10.5. The maximum Gasteiger partial charge on any atom is 0.416 e. The smallest absolute Gasteiger partial charge is 0.307 e. The number of nitrogens with zero attached hydrogens (tertiary/aromatic N) is 4. The molecule has 0 saturated heterocycles. The number of halogens is 6.